The highest BCUT2D eigenvalue weighted by atomic mass is 16.6. The van der Waals surface area contributed by atoms with E-state index in [2.05, 4.69) is 34.1 Å². The highest BCUT2D eigenvalue weighted by Gasteiger charge is 2.27. The van der Waals surface area contributed by atoms with Crippen molar-refractivity contribution in [1.82, 2.24) is 19.4 Å². The Labute approximate surface area is 199 Å². The number of para-hydroxylation sites is 3. The molecule has 1 aliphatic heterocycles. The summed E-state index contributed by atoms with van der Waals surface area (Å²) in [5.74, 6) is 0.840. The van der Waals surface area contributed by atoms with Crippen LogP contribution in [0.2, 0.25) is 0 Å². The fourth-order valence-electron chi connectivity index (χ4n) is 4.42. The first-order valence-corrected chi connectivity index (χ1v) is 11.9. The molecule has 0 aliphatic carbocycles. The number of rotatable bonds is 4. The average Bonchev–Trinajstić information content (AvgIpc) is 3.15. The number of piperidine rings is 1. The normalized spacial score (nSPS) is 15.1. The van der Waals surface area contributed by atoms with Crippen molar-refractivity contribution < 1.29 is 9.53 Å². The number of aromatic nitrogens is 3. The molecule has 0 saturated carbocycles. The number of carbonyl (C=O) groups excluding carboxylic acids is 1. The van der Waals surface area contributed by atoms with Crippen molar-refractivity contribution >= 4 is 34.0 Å². The second-order valence-electron chi connectivity index (χ2n) is 9.89. The van der Waals surface area contributed by atoms with E-state index in [1.165, 1.54) is 0 Å². The molecule has 34 heavy (non-hydrogen) atoms. The minimum Gasteiger partial charge on any atom is -0.444 e. The van der Waals surface area contributed by atoms with E-state index < -0.39 is 5.60 Å². The van der Waals surface area contributed by atoms with Gasteiger partial charge in [0, 0.05) is 24.5 Å². The summed E-state index contributed by atoms with van der Waals surface area (Å²) in [6.45, 7) is 7.65. The molecule has 7 heteroatoms. The summed E-state index contributed by atoms with van der Waals surface area (Å²) >= 11 is 0. The number of nitrogens with zero attached hydrogens (tertiary/aromatic N) is 4. The summed E-state index contributed by atoms with van der Waals surface area (Å²) in [6.07, 6.45) is 1.45. The fourth-order valence-corrected chi connectivity index (χ4v) is 4.42. The third kappa shape index (κ3) is 4.83. The molecule has 176 valence electrons. The Kier molecular flexibility index (Phi) is 5.86. The van der Waals surface area contributed by atoms with Gasteiger partial charge in [-0.2, -0.15) is 0 Å². The number of likely N-dealkylation sites (tertiary alicyclic amines) is 1. The standard InChI is InChI=1S/C27H31N5O2/c1-27(2,3)34-26(33)31-16-14-20(15-17-31)29-25-30-23-10-6-7-11-24(23)32(25)18-21-13-12-19-8-4-5-9-22(19)28-21/h4-13,20H,14-18H2,1-3H3,(H,29,30). The van der Waals surface area contributed by atoms with Gasteiger partial charge in [-0.1, -0.05) is 36.4 Å². The molecule has 5 rings (SSSR count). The van der Waals surface area contributed by atoms with E-state index in [0.29, 0.717) is 19.6 Å². The lowest BCUT2D eigenvalue weighted by Gasteiger charge is -2.33. The van der Waals surface area contributed by atoms with Gasteiger partial charge in [0.05, 0.1) is 28.8 Å². The Morgan fingerprint density at radius 3 is 2.44 bits per heavy atom. The van der Waals surface area contributed by atoms with E-state index in [1.807, 2.05) is 57.2 Å². The number of anilines is 1. The highest BCUT2D eigenvalue weighted by molar-refractivity contribution is 5.80. The monoisotopic (exact) mass is 457 g/mol. The summed E-state index contributed by atoms with van der Waals surface area (Å²) in [4.78, 5) is 24.0. The zero-order valence-corrected chi connectivity index (χ0v) is 20.0. The van der Waals surface area contributed by atoms with Gasteiger partial charge in [0.1, 0.15) is 5.60 Å². The number of pyridine rings is 1. The Morgan fingerprint density at radius 1 is 0.971 bits per heavy atom. The second kappa shape index (κ2) is 8.97. The number of nitrogens with one attached hydrogen (secondary N) is 1. The van der Waals surface area contributed by atoms with Crippen LogP contribution in [0, 0.1) is 0 Å². The predicted octanol–water partition coefficient (Wildman–Crippen LogP) is 5.44. The number of fused-ring (bicyclic) bond motifs is 2. The third-order valence-corrected chi connectivity index (χ3v) is 6.11. The first kappa shape index (κ1) is 22.2. The fraction of sp³-hybridized carbons (Fsp3) is 0.370. The molecule has 4 aromatic rings. The predicted molar refractivity (Wildman–Crippen MR) is 135 cm³/mol. The molecular formula is C27H31N5O2. The molecule has 3 heterocycles. The third-order valence-electron chi connectivity index (χ3n) is 6.11. The molecule has 0 unspecified atom stereocenters. The highest BCUT2D eigenvalue weighted by Crippen LogP contribution is 2.24. The smallest absolute Gasteiger partial charge is 0.410 e. The number of ether oxygens (including phenoxy) is 1. The molecule has 2 aromatic heterocycles. The molecule has 0 spiro atoms. The Bertz CT molecular complexity index is 1320. The molecule has 2 aromatic carbocycles. The number of imidazole rings is 1. The van der Waals surface area contributed by atoms with E-state index in [9.17, 15) is 4.79 Å². The number of benzene rings is 2. The summed E-state index contributed by atoms with van der Waals surface area (Å²) < 4.78 is 7.73. The van der Waals surface area contributed by atoms with Crippen molar-refractivity contribution in [1.29, 1.82) is 0 Å². The van der Waals surface area contributed by atoms with Gasteiger partial charge < -0.3 is 19.5 Å². The summed E-state index contributed by atoms with van der Waals surface area (Å²) in [7, 11) is 0. The zero-order valence-electron chi connectivity index (χ0n) is 20.0. The molecule has 7 nitrogen and oxygen atoms in total. The molecule has 0 bridgehead atoms. The van der Waals surface area contributed by atoms with Crippen LogP contribution in [0.5, 0.6) is 0 Å². The van der Waals surface area contributed by atoms with Crippen LogP contribution < -0.4 is 5.32 Å². The van der Waals surface area contributed by atoms with Crippen molar-refractivity contribution in [3.8, 4) is 0 Å². The van der Waals surface area contributed by atoms with E-state index >= 15 is 0 Å². The maximum atomic E-state index is 12.4. The molecule has 1 aliphatic rings. The Hall–Kier alpha value is -3.61. The summed E-state index contributed by atoms with van der Waals surface area (Å²) in [5, 5.41) is 4.79. The molecular weight excluding hydrogens is 426 g/mol. The van der Waals surface area contributed by atoms with Crippen LogP contribution >= 0.6 is 0 Å². The van der Waals surface area contributed by atoms with E-state index in [4.69, 9.17) is 14.7 Å². The van der Waals surface area contributed by atoms with Crippen LogP contribution in [0.15, 0.2) is 60.7 Å². The lowest BCUT2D eigenvalue weighted by atomic mass is 10.1. The van der Waals surface area contributed by atoms with Gasteiger partial charge in [-0.05, 0) is 57.9 Å². The van der Waals surface area contributed by atoms with Crippen LogP contribution in [0.1, 0.15) is 39.3 Å². The quantitative estimate of drug-likeness (QED) is 0.442. The largest absolute Gasteiger partial charge is 0.444 e. The Morgan fingerprint density at radius 2 is 1.68 bits per heavy atom. The van der Waals surface area contributed by atoms with Gasteiger partial charge in [0.15, 0.2) is 0 Å². The first-order chi connectivity index (χ1) is 16.4. The number of hydrogen-bond acceptors (Lipinski definition) is 5. The molecule has 1 saturated heterocycles. The van der Waals surface area contributed by atoms with Gasteiger partial charge in [-0.15, -0.1) is 0 Å². The van der Waals surface area contributed by atoms with E-state index in [-0.39, 0.29) is 12.1 Å². The van der Waals surface area contributed by atoms with Gasteiger partial charge in [0.2, 0.25) is 5.95 Å². The van der Waals surface area contributed by atoms with Gasteiger partial charge in [0.25, 0.3) is 0 Å². The molecule has 0 radical (unpaired) electrons. The average molecular weight is 458 g/mol. The van der Waals surface area contributed by atoms with Crippen LogP contribution in [-0.2, 0) is 11.3 Å². The van der Waals surface area contributed by atoms with Crippen LogP contribution in [0.25, 0.3) is 21.9 Å². The number of hydrogen-bond donors (Lipinski definition) is 1. The van der Waals surface area contributed by atoms with Crippen LogP contribution in [0.3, 0.4) is 0 Å². The van der Waals surface area contributed by atoms with Crippen LogP contribution in [0.4, 0.5) is 10.7 Å². The number of carbonyl (C=O) groups is 1. The summed E-state index contributed by atoms with van der Waals surface area (Å²) in [6, 6.07) is 20.8. The van der Waals surface area contributed by atoms with Crippen LogP contribution in [-0.4, -0.2) is 50.3 Å². The molecule has 1 amide bonds. The first-order valence-electron chi connectivity index (χ1n) is 11.9. The lowest BCUT2D eigenvalue weighted by Crippen LogP contribution is -2.44. The lowest BCUT2D eigenvalue weighted by molar-refractivity contribution is 0.0210. The topological polar surface area (TPSA) is 72.3 Å². The maximum absolute atomic E-state index is 12.4. The van der Waals surface area contributed by atoms with Gasteiger partial charge in [-0.25, -0.2) is 9.78 Å². The van der Waals surface area contributed by atoms with Crippen molar-refractivity contribution in [3.05, 3.63) is 66.4 Å². The minimum absolute atomic E-state index is 0.235. The molecule has 1 fully saturated rings. The maximum Gasteiger partial charge on any atom is 0.410 e. The summed E-state index contributed by atoms with van der Waals surface area (Å²) in [5.41, 5.74) is 3.54. The minimum atomic E-state index is -0.478. The molecule has 1 N–H and O–H groups in total. The SMILES string of the molecule is CC(C)(C)OC(=O)N1CCC(Nc2nc3ccccc3n2Cc2ccc3ccccc3n2)CC1. The van der Waals surface area contributed by atoms with Crippen molar-refractivity contribution in [2.75, 3.05) is 18.4 Å². The van der Waals surface area contributed by atoms with Gasteiger partial charge >= 0.3 is 6.09 Å². The number of amides is 1. The second-order valence-corrected chi connectivity index (χ2v) is 9.89. The van der Waals surface area contributed by atoms with Crippen molar-refractivity contribution in [2.45, 2.75) is 51.8 Å². The van der Waals surface area contributed by atoms with Crippen molar-refractivity contribution in [2.24, 2.45) is 0 Å². The van der Waals surface area contributed by atoms with Crippen molar-refractivity contribution in [3.63, 3.8) is 0 Å². The zero-order chi connectivity index (χ0) is 23.7. The van der Waals surface area contributed by atoms with E-state index in [0.717, 1.165) is 46.4 Å². The molecule has 0 atom stereocenters. The van der Waals surface area contributed by atoms with E-state index in [1.54, 1.807) is 4.90 Å². The Balaban J connectivity index is 1.34. The van der Waals surface area contributed by atoms with Gasteiger partial charge in [-0.3, -0.25) is 4.98 Å².